The van der Waals surface area contributed by atoms with Gasteiger partial charge in [-0.2, -0.15) is 11.8 Å². The summed E-state index contributed by atoms with van der Waals surface area (Å²) >= 11 is 1.83. The Balaban J connectivity index is 1.88. The molecule has 2 amide bonds. The van der Waals surface area contributed by atoms with Crippen molar-refractivity contribution in [3.05, 3.63) is 0 Å². The van der Waals surface area contributed by atoms with Gasteiger partial charge in [0.15, 0.2) is 0 Å². The quantitative estimate of drug-likeness (QED) is 0.716. The number of thioether (sulfide) groups is 1. The summed E-state index contributed by atoms with van der Waals surface area (Å²) in [5, 5.41) is 3.28. The van der Waals surface area contributed by atoms with E-state index in [4.69, 9.17) is 0 Å². The van der Waals surface area contributed by atoms with Crippen LogP contribution in [0, 0.1) is 0 Å². The zero-order valence-corrected chi connectivity index (χ0v) is 11.7. The van der Waals surface area contributed by atoms with E-state index in [2.05, 4.69) is 5.32 Å². The number of amides is 2. The molecule has 2 fully saturated rings. The number of nitrogens with zero attached hydrogens (tertiary/aromatic N) is 2. The molecule has 0 radical (unpaired) electrons. The Kier molecular flexibility index (Phi) is 4.88. The highest BCUT2D eigenvalue weighted by Gasteiger charge is 2.27. The molecule has 2 heterocycles. The van der Waals surface area contributed by atoms with Gasteiger partial charge in [-0.25, -0.2) is 0 Å². The van der Waals surface area contributed by atoms with Gasteiger partial charge in [0.05, 0.1) is 6.04 Å². The molecule has 0 aliphatic carbocycles. The SMILES string of the molecule is CC(=O)N1CCCN(C(=O)C2CSCCN2)CC1. The summed E-state index contributed by atoms with van der Waals surface area (Å²) in [6.45, 7) is 5.38. The number of hydrogen-bond acceptors (Lipinski definition) is 4. The average Bonchev–Trinajstić information content (AvgIpc) is 2.64. The highest BCUT2D eigenvalue weighted by molar-refractivity contribution is 7.99. The van der Waals surface area contributed by atoms with Gasteiger partial charge in [0, 0.05) is 51.2 Å². The van der Waals surface area contributed by atoms with E-state index in [1.165, 1.54) is 0 Å². The van der Waals surface area contributed by atoms with E-state index in [1.807, 2.05) is 21.6 Å². The van der Waals surface area contributed by atoms with Gasteiger partial charge in [0.1, 0.15) is 0 Å². The first kappa shape index (κ1) is 13.7. The molecule has 0 aromatic heterocycles. The van der Waals surface area contributed by atoms with Crippen molar-refractivity contribution in [2.75, 3.05) is 44.2 Å². The van der Waals surface area contributed by atoms with E-state index in [-0.39, 0.29) is 17.9 Å². The molecule has 2 aliphatic rings. The van der Waals surface area contributed by atoms with Crippen molar-refractivity contribution in [2.45, 2.75) is 19.4 Å². The lowest BCUT2D eigenvalue weighted by Crippen LogP contribution is -2.51. The molecule has 2 aliphatic heterocycles. The van der Waals surface area contributed by atoms with E-state index in [0.29, 0.717) is 13.1 Å². The monoisotopic (exact) mass is 271 g/mol. The predicted molar refractivity (Wildman–Crippen MR) is 72.6 cm³/mol. The van der Waals surface area contributed by atoms with Gasteiger partial charge in [-0.3, -0.25) is 9.59 Å². The fourth-order valence-electron chi connectivity index (χ4n) is 2.40. The fourth-order valence-corrected chi connectivity index (χ4v) is 3.32. The smallest absolute Gasteiger partial charge is 0.240 e. The summed E-state index contributed by atoms with van der Waals surface area (Å²) in [7, 11) is 0. The lowest BCUT2D eigenvalue weighted by molar-refractivity contribution is -0.133. The van der Waals surface area contributed by atoms with Crippen LogP contribution in [0.1, 0.15) is 13.3 Å². The predicted octanol–water partition coefficient (Wildman–Crippen LogP) is -0.228. The highest BCUT2D eigenvalue weighted by atomic mass is 32.2. The first-order valence-corrected chi connectivity index (χ1v) is 7.69. The molecular formula is C12H21N3O2S. The maximum atomic E-state index is 12.3. The Hall–Kier alpha value is -0.750. The minimum Gasteiger partial charge on any atom is -0.341 e. The van der Waals surface area contributed by atoms with Crippen LogP contribution in [0.15, 0.2) is 0 Å². The van der Waals surface area contributed by atoms with Crippen molar-refractivity contribution in [1.29, 1.82) is 0 Å². The zero-order chi connectivity index (χ0) is 13.0. The van der Waals surface area contributed by atoms with Crippen LogP contribution >= 0.6 is 11.8 Å². The molecule has 1 unspecified atom stereocenters. The first-order valence-electron chi connectivity index (χ1n) is 6.54. The van der Waals surface area contributed by atoms with Crippen LogP contribution in [0.2, 0.25) is 0 Å². The summed E-state index contributed by atoms with van der Waals surface area (Å²) in [5.41, 5.74) is 0. The van der Waals surface area contributed by atoms with Crippen LogP contribution in [0.4, 0.5) is 0 Å². The maximum Gasteiger partial charge on any atom is 0.240 e. The maximum absolute atomic E-state index is 12.3. The normalized spacial score (nSPS) is 25.7. The standard InChI is InChI=1S/C12H21N3O2S/c1-10(16)14-4-2-5-15(7-6-14)12(17)11-9-18-8-3-13-11/h11,13H,2-9H2,1H3. The van der Waals surface area contributed by atoms with Crippen molar-refractivity contribution in [3.8, 4) is 0 Å². The third-order valence-corrected chi connectivity index (χ3v) is 4.53. The lowest BCUT2D eigenvalue weighted by atomic mass is 10.2. The molecule has 18 heavy (non-hydrogen) atoms. The first-order chi connectivity index (χ1) is 8.68. The minimum atomic E-state index is -0.0346. The Labute approximate surface area is 112 Å². The third-order valence-electron chi connectivity index (χ3n) is 3.47. The molecule has 1 atom stereocenters. The van der Waals surface area contributed by atoms with Crippen molar-refractivity contribution in [1.82, 2.24) is 15.1 Å². The summed E-state index contributed by atoms with van der Waals surface area (Å²) < 4.78 is 0. The topological polar surface area (TPSA) is 52.7 Å². The molecule has 2 rings (SSSR count). The summed E-state index contributed by atoms with van der Waals surface area (Å²) in [4.78, 5) is 27.4. The van der Waals surface area contributed by atoms with Crippen LogP contribution < -0.4 is 5.32 Å². The largest absolute Gasteiger partial charge is 0.341 e. The second-order valence-corrected chi connectivity index (χ2v) is 5.92. The highest BCUT2D eigenvalue weighted by Crippen LogP contribution is 2.12. The van der Waals surface area contributed by atoms with Crippen LogP contribution in [-0.4, -0.2) is 71.9 Å². The Morgan fingerprint density at radius 1 is 1.17 bits per heavy atom. The molecule has 5 nitrogen and oxygen atoms in total. The Morgan fingerprint density at radius 2 is 1.89 bits per heavy atom. The van der Waals surface area contributed by atoms with Gasteiger partial charge in [-0.15, -0.1) is 0 Å². The molecular weight excluding hydrogens is 250 g/mol. The Bertz CT molecular complexity index is 318. The molecule has 0 spiro atoms. The Morgan fingerprint density at radius 3 is 2.56 bits per heavy atom. The molecule has 0 saturated carbocycles. The van der Waals surface area contributed by atoms with Crippen LogP contribution in [0.3, 0.4) is 0 Å². The molecule has 0 aromatic carbocycles. The van der Waals surface area contributed by atoms with E-state index in [9.17, 15) is 9.59 Å². The van der Waals surface area contributed by atoms with Gasteiger partial charge in [-0.1, -0.05) is 0 Å². The van der Waals surface area contributed by atoms with Crippen LogP contribution in [0.25, 0.3) is 0 Å². The molecule has 1 N–H and O–H groups in total. The van der Waals surface area contributed by atoms with E-state index >= 15 is 0 Å². The second-order valence-electron chi connectivity index (χ2n) is 4.77. The molecule has 6 heteroatoms. The molecule has 2 saturated heterocycles. The number of rotatable bonds is 1. The lowest BCUT2D eigenvalue weighted by Gasteiger charge is -2.29. The summed E-state index contributed by atoms with van der Waals surface area (Å²) in [5.74, 6) is 2.26. The fraction of sp³-hybridized carbons (Fsp3) is 0.833. The molecule has 102 valence electrons. The van der Waals surface area contributed by atoms with E-state index in [0.717, 1.165) is 37.6 Å². The average molecular weight is 271 g/mol. The van der Waals surface area contributed by atoms with Crippen molar-refractivity contribution in [2.24, 2.45) is 0 Å². The van der Waals surface area contributed by atoms with Gasteiger partial charge < -0.3 is 15.1 Å². The summed E-state index contributed by atoms with van der Waals surface area (Å²) in [6.07, 6.45) is 0.880. The van der Waals surface area contributed by atoms with Gasteiger partial charge >= 0.3 is 0 Å². The zero-order valence-electron chi connectivity index (χ0n) is 10.9. The van der Waals surface area contributed by atoms with Crippen LogP contribution in [-0.2, 0) is 9.59 Å². The van der Waals surface area contributed by atoms with Gasteiger partial charge in [-0.05, 0) is 6.42 Å². The van der Waals surface area contributed by atoms with Gasteiger partial charge in [0.25, 0.3) is 0 Å². The number of hydrogen-bond donors (Lipinski definition) is 1. The minimum absolute atomic E-state index is 0.0346. The van der Waals surface area contributed by atoms with Crippen LogP contribution in [0.5, 0.6) is 0 Å². The van der Waals surface area contributed by atoms with Crippen molar-refractivity contribution >= 4 is 23.6 Å². The van der Waals surface area contributed by atoms with Crippen molar-refractivity contribution in [3.63, 3.8) is 0 Å². The number of carbonyl (C=O) groups is 2. The molecule has 0 bridgehead atoms. The van der Waals surface area contributed by atoms with Crippen molar-refractivity contribution < 1.29 is 9.59 Å². The third kappa shape index (κ3) is 3.38. The van der Waals surface area contributed by atoms with Gasteiger partial charge in [0.2, 0.25) is 11.8 Å². The molecule has 0 aromatic rings. The number of carbonyl (C=O) groups excluding carboxylic acids is 2. The van der Waals surface area contributed by atoms with E-state index in [1.54, 1.807) is 6.92 Å². The summed E-state index contributed by atoms with van der Waals surface area (Å²) in [6, 6.07) is -0.0346. The number of nitrogens with one attached hydrogen (secondary N) is 1. The van der Waals surface area contributed by atoms with E-state index < -0.39 is 0 Å². The second kappa shape index (κ2) is 6.43.